The monoisotopic (exact) mass is 600 g/mol. The van der Waals surface area contributed by atoms with Crippen LogP contribution < -0.4 is 14.8 Å². The lowest BCUT2D eigenvalue weighted by Crippen LogP contribution is -2.16. The molecule has 0 bridgehead atoms. The molecule has 12 heteroatoms. The largest absolute Gasteiger partial charge is 0.497 e. The van der Waals surface area contributed by atoms with Gasteiger partial charge < -0.3 is 24.1 Å². The lowest BCUT2D eigenvalue weighted by molar-refractivity contribution is -0.113. The Labute approximate surface area is 245 Å². The standard InChI is InChI=1S/C28H29ClN4O5S2/c1-15-11-20(12-16(2)24(15)29)38-17(3)25-31-32-28(33(25)4)40-14-22(34)30-26-23(27(35)37-6)21(13-39-26)18-7-9-19(36-5)10-8-18/h7-13,17H,14H2,1-6H3,(H,30,34). The molecule has 2 aromatic heterocycles. The summed E-state index contributed by atoms with van der Waals surface area (Å²) in [6.45, 7) is 5.74. The number of aromatic nitrogens is 3. The fourth-order valence-electron chi connectivity index (χ4n) is 4.07. The van der Waals surface area contributed by atoms with Crippen LogP contribution in [-0.4, -0.2) is 46.6 Å². The molecular weight excluding hydrogens is 572 g/mol. The van der Waals surface area contributed by atoms with E-state index < -0.39 is 5.97 Å². The number of carbonyl (C=O) groups is 2. The molecular formula is C28H29ClN4O5S2. The van der Waals surface area contributed by atoms with Crippen molar-refractivity contribution in [3.8, 4) is 22.6 Å². The van der Waals surface area contributed by atoms with E-state index in [1.165, 1.54) is 30.2 Å². The summed E-state index contributed by atoms with van der Waals surface area (Å²) in [5.41, 5.74) is 3.64. The smallest absolute Gasteiger partial charge is 0.341 e. The maximum absolute atomic E-state index is 12.9. The minimum absolute atomic E-state index is 0.0627. The second-order valence-corrected chi connectivity index (χ2v) is 11.1. The Morgan fingerprint density at radius 3 is 2.40 bits per heavy atom. The lowest BCUT2D eigenvalue weighted by atomic mass is 10.0. The van der Waals surface area contributed by atoms with Gasteiger partial charge in [-0.25, -0.2) is 4.79 Å². The van der Waals surface area contributed by atoms with E-state index in [9.17, 15) is 9.59 Å². The number of carbonyl (C=O) groups excluding carboxylic acids is 2. The Balaban J connectivity index is 1.43. The SMILES string of the molecule is COC(=O)c1c(-c2ccc(OC)cc2)csc1NC(=O)CSc1nnc(C(C)Oc2cc(C)c(Cl)c(C)c2)n1C. The molecule has 40 heavy (non-hydrogen) atoms. The van der Waals surface area contributed by atoms with E-state index >= 15 is 0 Å². The van der Waals surface area contributed by atoms with Gasteiger partial charge in [-0.2, -0.15) is 0 Å². The summed E-state index contributed by atoms with van der Waals surface area (Å²) in [5.74, 6) is 1.24. The minimum Gasteiger partial charge on any atom is -0.497 e. The van der Waals surface area contributed by atoms with E-state index in [1.807, 2.05) is 69.6 Å². The van der Waals surface area contributed by atoms with E-state index in [4.69, 9.17) is 25.8 Å². The molecule has 210 valence electrons. The van der Waals surface area contributed by atoms with E-state index in [0.29, 0.717) is 43.6 Å². The van der Waals surface area contributed by atoms with Crippen molar-refractivity contribution in [2.75, 3.05) is 25.3 Å². The fourth-order valence-corrected chi connectivity index (χ4v) is 5.87. The number of amides is 1. The van der Waals surface area contributed by atoms with E-state index in [2.05, 4.69) is 15.5 Å². The van der Waals surface area contributed by atoms with Gasteiger partial charge in [-0.05, 0) is 61.7 Å². The highest BCUT2D eigenvalue weighted by Gasteiger charge is 2.23. The van der Waals surface area contributed by atoms with Crippen molar-refractivity contribution in [1.29, 1.82) is 0 Å². The minimum atomic E-state index is -0.534. The molecule has 1 atom stereocenters. The molecule has 2 aromatic carbocycles. The molecule has 0 spiro atoms. The number of aryl methyl sites for hydroxylation is 2. The van der Waals surface area contributed by atoms with Crippen LogP contribution in [0.25, 0.3) is 11.1 Å². The number of rotatable bonds is 10. The first-order valence-corrected chi connectivity index (χ1v) is 14.5. The van der Waals surface area contributed by atoms with Crippen LogP contribution in [0.5, 0.6) is 11.5 Å². The van der Waals surface area contributed by atoms with Gasteiger partial charge in [0.25, 0.3) is 0 Å². The summed E-state index contributed by atoms with van der Waals surface area (Å²) >= 11 is 8.76. The Bertz CT molecular complexity index is 1510. The topological polar surface area (TPSA) is 105 Å². The number of anilines is 1. The Hall–Kier alpha value is -3.54. The molecule has 4 rings (SSSR count). The third-order valence-electron chi connectivity index (χ3n) is 6.12. The van der Waals surface area contributed by atoms with Crippen LogP contribution in [0, 0.1) is 13.8 Å². The van der Waals surface area contributed by atoms with Gasteiger partial charge in [-0.1, -0.05) is 35.5 Å². The molecule has 1 amide bonds. The number of esters is 1. The number of nitrogens with one attached hydrogen (secondary N) is 1. The first-order chi connectivity index (χ1) is 19.1. The molecule has 1 N–H and O–H groups in total. The van der Waals surface area contributed by atoms with Gasteiger partial charge in [0.1, 0.15) is 22.1 Å². The first kappa shape index (κ1) is 29.4. The summed E-state index contributed by atoms with van der Waals surface area (Å²) < 4.78 is 18.1. The fraction of sp³-hybridized carbons (Fsp3) is 0.286. The number of ether oxygens (including phenoxy) is 3. The molecule has 0 radical (unpaired) electrons. The number of hydrogen-bond donors (Lipinski definition) is 1. The average molecular weight is 601 g/mol. The Morgan fingerprint density at radius 2 is 1.77 bits per heavy atom. The average Bonchev–Trinajstić information content (AvgIpc) is 3.53. The highest BCUT2D eigenvalue weighted by Crippen LogP contribution is 2.37. The van der Waals surface area contributed by atoms with Crippen molar-refractivity contribution in [3.05, 3.63) is 69.3 Å². The third kappa shape index (κ3) is 6.43. The number of benzene rings is 2. The van der Waals surface area contributed by atoms with Crippen LogP contribution in [0.3, 0.4) is 0 Å². The predicted molar refractivity (Wildman–Crippen MR) is 158 cm³/mol. The summed E-state index contributed by atoms with van der Waals surface area (Å²) in [6.07, 6.45) is -0.384. The molecule has 2 heterocycles. The van der Waals surface area contributed by atoms with Crippen molar-refractivity contribution in [1.82, 2.24) is 14.8 Å². The van der Waals surface area contributed by atoms with Crippen LogP contribution >= 0.6 is 34.7 Å². The summed E-state index contributed by atoms with van der Waals surface area (Å²) in [7, 11) is 4.72. The molecule has 0 saturated carbocycles. The molecule has 4 aromatic rings. The number of thioether (sulfide) groups is 1. The van der Waals surface area contributed by atoms with Gasteiger partial charge >= 0.3 is 5.97 Å². The lowest BCUT2D eigenvalue weighted by Gasteiger charge is -2.16. The van der Waals surface area contributed by atoms with Gasteiger partial charge in [0.15, 0.2) is 17.1 Å². The zero-order valence-electron chi connectivity index (χ0n) is 22.9. The number of methoxy groups -OCH3 is 2. The second-order valence-electron chi connectivity index (χ2n) is 8.94. The molecule has 0 aliphatic carbocycles. The molecule has 0 fully saturated rings. The number of thiophene rings is 1. The van der Waals surface area contributed by atoms with Crippen LogP contribution in [0.2, 0.25) is 5.02 Å². The zero-order valence-corrected chi connectivity index (χ0v) is 25.3. The van der Waals surface area contributed by atoms with Gasteiger partial charge in [0.05, 0.1) is 20.0 Å². The number of hydrogen-bond acceptors (Lipinski definition) is 9. The molecule has 9 nitrogen and oxygen atoms in total. The molecule has 1 unspecified atom stereocenters. The molecule has 0 aliphatic heterocycles. The predicted octanol–water partition coefficient (Wildman–Crippen LogP) is 6.48. The van der Waals surface area contributed by atoms with Gasteiger partial charge in [-0.15, -0.1) is 21.5 Å². The van der Waals surface area contributed by atoms with Crippen molar-refractivity contribution < 1.29 is 23.8 Å². The first-order valence-electron chi connectivity index (χ1n) is 12.2. The maximum atomic E-state index is 12.9. The zero-order chi connectivity index (χ0) is 29.0. The quantitative estimate of drug-likeness (QED) is 0.163. The van der Waals surface area contributed by atoms with Crippen LogP contribution in [-0.2, 0) is 16.6 Å². The Kier molecular flexibility index (Phi) is 9.39. The van der Waals surface area contributed by atoms with Crippen molar-refractivity contribution in [2.45, 2.75) is 32.0 Å². The van der Waals surface area contributed by atoms with Crippen molar-refractivity contribution in [3.63, 3.8) is 0 Å². The third-order valence-corrected chi connectivity index (χ3v) is 8.63. The summed E-state index contributed by atoms with van der Waals surface area (Å²) in [4.78, 5) is 25.5. The van der Waals surface area contributed by atoms with Crippen LogP contribution in [0.15, 0.2) is 46.9 Å². The van der Waals surface area contributed by atoms with Crippen LogP contribution in [0.4, 0.5) is 5.00 Å². The number of nitrogens with zero attached hydrogens (tertiary/aromatic N) is 3. The highest BCUT2D eigenvalue weighted by atomic mass is 35.5. The molecule has 0 aliphatic rings. The van der Waals surface area contributed by atoms with E-state index in [0.717, 1.165) is 16.7 Å². The normalized spacial score (nSPS) is 11.7. The van der Waals surface area contributed by atoms with Crippen molar-refractivity contribution in [2.24, 2.45) is 7.05 Å². The van der Waals surface area contributed by atoms with Gasteiger partial charge in [0, 0.05) is 23.0 Å². The molecule has 0 saturated heterocycles. The van der Waals surface area contributed by atoms with Crippen molar-refractivity contribution >= 4 is 51.6 Å². The Morgan fingerprint density at radius 1 is 1.10 bits per heavy atom. The van der Waals surface area contributed by atoms with E-state index in [1.54, 1.807) is 11.7 Å². The highest BCUT2D eigenvalue weighted by molar-refractivity contribution is 7.99. The summed E-state index contributed by atoms with van der Waals surface area (Å²) in [6, 6.07) is 11.1. The van der Waals surface area contributed by atoms with Gasteiger partial charge in [0.2, 0.25) is 5.91 Å². The summed E-state index contributed by atoms with van der Waals surface area (Å²) in [5, 5.41) is 14.9. The van der Waals surface area contributed by atoms with E-state index in [-0.39, 0.29) is 17.8 Å². The number of halogens is 1. The second kappa shape index (κ2) is 12.8. The maximum Gasteiger partial charge on any atom is 0.341 e. The van der Waals surface area contributed by atoms with Gasteiger partial charge in [-0.3, -0.25) is 4.79 Å². The van der Waals surface area contributed by atoms with Crippen LogP contribution in [0.1, 0.15) is 40.3 Å².